The molecule has 1 rings (SSSR count). The molecule has 0 bridgehead atoms. The van der Waals surface area contributed by atoms with Gasteiger partial charge in [-0.2, -0.15) is 0 Å². The first-order valence-electron chi connectivity index (χ1n) is 5.81. The van der Waals surface area contributed by atoms with Gasteiger partial charge in [0.15, 0.2) is 0 Å². The third kappa shape index (κ3) is 4.31. The highest BCUT2D eigenvalue weighted by Gasteiger charge is 2.12. The maximum Gasteiger partial charge on any atom is 0.252 e. The lowest BCUT2D eigenvalue weighted by molar-refractivity contribution is 0.0694. The number of benzene rings is 1. The molecule has 100 valence electrons. The van der Waals surface area contributed by atoms with Crippen LogP contribution >= 0.6 is 15.9 Å². The zero-order valence-corrected chi connectivity index (χ0v) is 12.4. The third-order valence-corrected chi connectivity index (χ3v) is 3.11. The van der Waals surface area contributed by atoms with Crippen molar-refractivity contribution in [3.05, 3.63) is 28.2 Å². The number of carbonyl (C=O) groups is 1. The fourth-order valence-corrected chi connectivity index (χ4v) is 1.91. The van der Waals surface area contributed by atoms with Gasteiger partial charge in [0.05, 0.1) is 18.8 Å². The van der Waals surface area contributed by atoms with Crippen LogP contribution < -0.4 is 10.1 Å². The molecular formula is C13H18BrNO3. The van der Waals surface area contributed by atoms with Crippen molar-refractivity contribution in [1.29, 1.82) is 0 Å². The SMILES string of the molecule is CCOC(C)CNC(=O)c1cc(OC)ccc1Br. The van der Waals surface area contributed by atoms with E-state index in [-0.39, 0.29) is 12.0 Å². The largest absolute Gasteiger partial charge is 0.497 e. The van der Waals surface area contributed by atoms with Gasteiger partial charge in [0, 0.05) is 17.6 Å². The van der Waals surface area contributed by atoms with E-state index in [1.165, 1.54) is 0 Å². The van der Waals surface area contributed by atoms with Crippen molar-refractivity contribution < 1.29 is 14.3 Å². The molecule has 0 saturated heterocycles. The summed E-state index contributed by atoms with van der Waals surface area (Å²) in [6.45, 7) is 4.97. The van der Waals surface area contributed by atoms with E-state index in [0.717, 1.165) is 4.47 Å². The topological polar surface area (TPSA) is 47.6 Å². The summed E-state index contributed by atoms with van der Waals surface area (Å²) in [4.78, 5) is 12.0. The molecule has 4 nitrogen and oxygen atoms in total. The molecule has 18 heavy (non-hydrogen) atoms. The van der Waals surface area contributed by atoms with Crippen LogP contribution in [0.4, 0.5) is 0 Å². The Morgan fingerprint density at radius 1 is 1.50 bits per heavy atom. The van der Waals surface area contributed by atoms with Crippen molar-refractivity contribution in [3.63, 3.8) is 0 Å². The average Bonchev–Trinajstić information content (AvgIpc) is 2.37. The van der Waals surface area contributed by atoms with Gasteiger partial charge in [0.25, 0.3) is 5.91 Å². The zero-order valence-electron chi connectivity index (χ0n) is 10.8. The number of carbonyl (C=O) groups excluding carboxylic acids is 1. The van der Waals surface area contributed by atoms with Crippen molar-refractivity contribution in [2.45, 2.75) is 20.0 Å². The van der Waals surface area contributed by atoms with E-state index in [2.05, 4.69) is 21.2 Å². The summed E-state index contributed by atoms with van der Waals surface area (Å²) in [5.74, 6) is 0.508. The Hall–Kier alpha value is -1.07. The predicted octanol–water partition coefficient (Wildman–Crippen LogP) is 2.61. The zero-order chi connectivity index (χ0) is 13.5. The molecular weight excluding hydrogens is 298 g/mol. The van der Waals surface area contributed by atoms with Gasteiger partial charge in [0.2, 0.25) is 0 Å². The Labute approximate surface area is 116 Å². The van der Waals surface area contributed by atoms with Crippen LogP contribution in [-0.2, 0) is 4.74 Å². The van der Waals surface area contributed by atoms with Gasteiger partial charge in [-0.3, -0.25) is 4.79 Å². The number of rotatable bonds is 6. The summed E-state index contributed by atoms with van der Waals surface area (Å²) in [6.07, 6.45) is 0.00309. The van der Waals surface area contributed by atoms with Crippen molar-refractivity contribution in [3.8, 4) is 5.75 Å². The van der Waals surface area contributed by atoms with E-state index in [0.29, 0.717) is 24.5 Å². The molecule has 1 atom stereocenters. The van der Waals surface area contributed by atoms with E-state index >= 15 is 0 Å². The predicted molar refractivity (Wildman–Crippen MR) is 74.1 cm³/mol. The Kier molecular flexibility index (Phi) is 6.15. The second-order valence-corrected chi connectivity index (χ2v) is 4.68. The van der Waals surface area contributed by atoms with Crippen LogP contribution in [0.5, 0.6) is 5.75 Å². The van der Waals surface area contributed by atoms with E-state index in [1.54, 1.807) is 25.3 Å². The number of halogens is 1. The Balaban J connectivity index is 2.66. The highest BCUT2D eigenvalue weighted by molar-refractivity contribution is 9.10. The van der Waals surface area contributed by atoms with Crippen LogP contribution in [0.15, 0.2) is 22.7 Å². The molecule has 0 fully saturated rings. The number of hydrogen-bond donors (Lipinski definition) is 1. The maximum atomic E-state index is 12.0. The lowest BCUT2D eigenvalue weighted by atomic mass is 10.2. The molecule has 0 aliphatic carbocycles. The molecule has 1 amide bonds. The molecule has 1 unspecified atom stereocenters. The number of nitrogens with one attached hydrogen (secondary N) is 1. The van der Waals surface area contributed by atoms with Gasteiger partial charge in [-0.1, -0.05) is 0 Å². The summed E-state index contributed by atoms with van der Waals surface area (Å²) in [6, 6.07) is 5.29. The summed E-state index contributed by atoms with van der Waals surface area (Å²) in [5, 5.41) is 2.83. The molecule has 5 heteroatoms. The van der Waals surface area contributed by atoms with Gasteiger partial charge in [-0.05, 0) is 48.0 Å². The Bertz CT molecular complexity index is 409. The summed E-state index contributed by atoms with van der Waals surface area (Å²) in [7, 11) is 1.57. The molecule has 0 saturated carbocycles. The first-order chi connectivity index (χ1) is 8.58. The summed E-state index contributed by atoms with van der Waals surface area (Å²) >= 11 is 3.35. The van der Waals surface area contributed by atoms with E-state index in [9.17, 15) is 4.79 Å². The lowest BCUT2D eigenvalue weighted by Crippen LogP contribution is -2.32. The first-order valence-corrected chi connectivity index (χ1v) is 6.61. The molecule has 0 aliphatic heterocycles. The van der Waals surface area contributed by atoms with Crippen molar-refractivity contribution >= 4 is 21.8 Å². The molecule has 0 spiro atoms. The van der Waals surface area contributed by atoms with Crippen molar-refractivity contribution in [2.24, 2.45) is 0 Å². The van der Waals surface area contributed by atoms with Gasteiger partial charge < -0.3 is 14.8 Å². The molecule has 0 heterocycles. The lowest BCUT2D eigenvalue weighted by Gasteiger charge is -2.13. The minimum absolute atomic E-state index is 0.00309. The van der Waals surface area contributed by atoms with Crippen LogP contribution in [0.25, 0.3) is 0 Å². The quantitative estimate of drug-likeness (QED) is 0.877. The minimum atomic E-state index is -0.146. The first kappa shape index (κ1) is 15.0. The number of ether oxygens (including phenoxy) is 2. The minimum Gasteiger partial charge on any atom is -0.497 e. The maximum absolute atomic E-state index is 12.0. The van der Waals surface area contributed by atoms with E-state index in [1.807, 2.05) is 13.8 Å². The smallest absolute Gasteiger partial charge is 0.252 e. The van der Waals surface area contributed by atoms with Gasteiger partial charge in [-0.25, -0.2) is 0 Å². The Morgan fingerprint density at radius 3 is 2.83 bits per heavy atom. The number of methoxy groups -OCH3 is 1. The van der Waals surface area contributed by atoms with Crippen LogP contribution in [-0.4, -0.2) is 32.3 Å². The molecule has 0 aromatic heterocycles. The van der Waals surface area contributed by atoms with Crippen LogP contribution in [0, 0.1) is 0 Å². The van der Waals surface area contributed by atoms with E-state index < -0.39 is 0 Å². The van der Waals surface area contributed by atoms with Crippen molar-refractivity contribution in [1.82, 2.24) is 5.32 Å². The third-order valence-electron chi connectivity index (χ3n) is 2.42. The number of hydrogen-bond acceptors (Lipinski definition) is 3. The summed E-state index contributed by atoms with van der Waals surface area (Å²) < 4.78 is 11.2. The van der Waals surface area contributed by atoms with Crippen LogP contribution in [0.3, 0.4) is 0 Å². The fraction of sp³-hybridized carbons (Fsp3) is 0.462. The molecule has 0 radical (unpaired) electrons. The normalized spacial score (nSPS) is 12.0. The standard InChI is InChI=1S/C13H18BrNO3/c1-4-18-9(2)8-15-13(16)11-7-10(17-3)5-6-12(11)14/h5-7,9H,4,8H2,1-3H3,(H,15,16). The second-order valence-electron chi connectivity index (χ2n) is 3.82. The molecule has 1 aromatic rings. The van der Waals surface area contributed by atoms with Crippen LogP contribution in [0.1, 0.15) is 24.2 Å². The second kappa shape index (κ2) is 7.38. The highest BCUT2D eigenvalue weighted by Crippen LogP contribution is 2.22. The van der Waals surface area contributed by atoms with Crippen molar-refractivity contribution in [2.75, 3.05) is 20.3 Å². The van der Waals surface area contributed by atoms with Gasteiger partial charge >= 0.3 is 0 Å². The molecule has 1 N–H and O–H groups in total. The highest BCUT2D eigenvalue weighted by atomic mass is 79.9. The van der Waals surface area contributed by atoms with Gasteiger partial charge in [-0.15, -0.1) is 0 Å². The fourth-order valence-electron chi connectivity index (χ4n) is 1.48. The van der Waals surface area contributed by atoms with E-state index in [4.69, 9.17) is 9.47 Å². The average molecular weight is 316 g/mol. The summed E-state index contributed by atoms with van der Waals surface area (Å²) in [5.41, 5.74) is 0.554. The molecule has 1 aromatic carbocycles. The Morgan fingerprint density at radius 2 is 2.22 bits per heavy atom. The van der Waals surface area contributed by atoms with Gasteiger partial charge in [0.1, 0.15) is 5.75 Å². The number of amides is 1. The molecule has 0 aliphatic rings. The van der Waals surface area contributed by atoms with Crippen LogP contribution in [0.2, 0.25) is 0 Å². The monoisotopic (exact) mass is 315 g/mol.